The molecule has 0 saturated heterocycles. The van der Waals surface area contributed by atoms with Crippen molar-refractivity contribution in [2.45, 2.75) is 25.7 Å². The molecule has 5 heteroatoms. The molecular formula is C22H23N3O2. The zero-order valence-electron chi connectivity index (χ0n) is 15.2. The van der Waals surface area contributed by atoms with E-state index in [0.717, 1.165) is 42.8 Å². The molecule has 1 fully saturated rings. The van der Waals surface area contributed by atoms with Crippen LogP contribution in [0.25, 0.3) is 0 Å². The Hall–Kier alpha value is -2.95. The van der Waals surface area contributed by atoms with Crippen LogP contribution in [0.2, 0.25) is 0 Å². The number of amides is 2. The second-order valence-corrected chi connectivity index (χ2v) is 7.05. The van der Waals surface area contributed by atoms with E-state index in [1.807, 2.05) is 54.6 Å². The summed E-state index contributed by atoms with van der Waals surface area (Å²) in [5, 5.41) is 2.94. The van der Waals surface area contributed by atoms with Crippen LogP contribution < -0.4 is 10.2 Å². The lowest BCUT2D eigenvalue weighted by Gasteiger charge is -2.24. The molecule has 2 aromatic carbocycles. The molecule has 1 atom stereocenters. The SMILES string of the molecule is O=C(CN1C(=O)C2CCCC2=Nc2ccccc21)NCCc1ccccc1. The van der Waals surface area contributed by atoms with Crippen molar-refractivity contribution in [2.24, 2.45) is 10.9 Å². The number of rotatable bonds is 5. The Kier molecular flexibility index (Phi) is 5.01. The van der Waals surface area contributed by atoms with E-state index in [9.17, 15) is 9.59 Å². The monoisotopic (exact) mass is 361 g/mol. The van der Waals surface area contributed by atoms with Crippen LogP contribution in [-0.4, -0.2) is 30.6 Å². The highest BCUT2D eigenvalue weighted by molar-refractivity contribution is 6.16. The van der Waals surface area contributed by atoms with Gasteiger partial charge in [0.1, 0.15) is 6.54 Å². The number of hydrogen-bond acceptors (Lipinski definition) is 3. The van der Waals surface area contributed by atoms with E-state index in [-0.39, 0.29) is 24.3 Å². The van der Waals surface area contributed by atoms with E-state index in [1.54, 1.807) is 4.90 Å². The number of fused-ring (bicyclic) bond motifs is 2. The third-order valence-electron chi connectivity index (χ3n) is 5.21. The Balaban J connectivity index is 1.46. The molecule has 1 aliphatic heterocycles. The van der Waals surface area contributed by atoms with Gasteiger partial charge in [-0.1, -0.05) is 42.5 Å². The molecule has 2 aliphatic rings. The van der Waals surface area contributed by atoms with Gasteiger partial charge in [0, 0.05) is 12.3 Å². The first-order valence-electron chi connectivity index (χ1n) is 9.51. The Morgan fingerprint density at radius 2 is 1.89 bits per heavy atom. The predicted octanol–water partition coefficient (Wildman–Crippen LogP) is 3.26. The highest BCUT2D eigenvalue weighted by atomic mass is 16.2. The third kappa shape index (κ3) is 3.77. The van der Waals surface area contributed by atoms with E-state index in [4.69, 9.17) is 4.99 Å². The van der Waals surface area contributed by atoms with Gasteiger partial charge in [0.25, 0.3) is 0 Å². The molecule has 2 aromatic rings. The van der Waals surface area contributed by atoms with E-state index < -0.39 is 0 Å². The number of nitrogens with one attached hydrogen (secondary N) is 1. The molecule has 5 nitrogen and oxygen atoms in total. The fourth-order valence-corrected chi connectivity index (χ4v) is 3.83. The number of nitrogens with zero attached hydrogens (tertiary/aromatic N) is 2. The number of benzene rings is 2. The topological polar surface area (TPSA) is 61.8 Å². The first-order chi connectivity index (χ1) is 13.2. The maximum Gasteiger partial charge on any atom is 0.240 e. The van der Waals surface area contributed by atoms with E-state index in [0.29, 0.717) is 6.54 Å². The summed E-state index contributed by atoms with van der Waals surface area (Å²) in [6.45, 7) is 0.585. The number of anilines is 1. The van der Waals surface area contributed by atoms with Gasteiger partial charge in [0.15, 0.2) is 0 Å². The molecule has 1 aliphatic carbocycles. The maximum atomic E-state index is 13.1. The number of carbonyl (C=O) groups excluding carboxylic acids is 2. The van der Waals surface area contributed by atoms with Gasteiger partial charge in [-0.2, -0.15) is 0 Å². The fraction of sp³-hybridized carbons (Fsp3) is 0.318. The summed E-state index contributed by atoms with van der Waals surface area (Å²) in [6, 6.07) is 17.6. The first kappa shape index (κ1) is 17.5. The van der Waals surface area contributed by atoms with Crippen LogP contribution in [0.4, 0.5) is 11.4 Å². The van der Waals surface area contributed by atoms with Crippen LogP contribution in [0.3, 0.4) is 0 Å². The lowest BCUT2D eigenvalue weighted by Crippen LogP contribution is -2.44. The molecule has 1 heterocycles. The van der Waals surface area contributed by atoms with Crippen LogP contribution in [0.1, 0.15) is 24.8 Å². The summed E-state index contributed by atoms with van der Waals surface area (Å²) < 4.78 is 0. The second-order valence-electron chi connectivity index (χ2n) is 7.05. The zero-order chi connectivity index (χ0) is 18.6. The molecule has 2 amide bonds. The molecule has 0 radical (unpaired) electrons. The molecule has 138 valence electrons. The molecule has 1 saturated carbocycles. The van der Waals surface area contributed by atoms with E-state index in [1.165, 1.54) is 5.56 Å². The minimum Gasteiger partial charge on any atom is -0.354 e. The lowest BCUT2D eigenvalue weighted by atomic mass is 10.1. The van der Waals surface area contributed by atoms with Gasteiger partial charge in [-0.15, -0.1) is 0 Å². The van der Waals surface area contributed by atoms with E-state index >= 15 is 0 Å². The van der Waals surface area contributed by atoms with Gasteiger partial charge < -0.3 is 10.2 Å². The normalized spacial score (nSPS) is 18.4. The Morgan fingerprint density at radius 1 is 1.11 bits per heavy atom. The van der Waals surface area contributed by atoms with Crippen molar-refractivity contribution in [3.05, 3.63) is 60.2 Å². The second kappa shape index (κ2) is 7.74. The first-order valence-corrected chi connectivity index (χ1v) is 9.51. The number of hydrogen-bond donors (Lipinski definition) is 1. The smallest absolute Gasteiger partial charge is 0.240 e. The van der Waals surface area contributed by atoms with Crippen LogP contribution in [0.5, 0.6) is 0 Å². The van der Waals surface area contributed by atoms with Crippen LogP contribution in [0.15, 0.2) is 59.6 Å². The standard InChI is InChI=1S/C22H23N3O2/c26-21(23-14-13-16-7-2-1-3-8-16)15-25-20-12-5-4-10-19(20)24-18-11-6-9-17(18)22(25)27/h1-5,7-8,10,12,17H,6,9,11,13-15H2,(H,23,26). The number of para-hydroxylation sites is 2. The van der Waals surface area contributed by atoms with Crippen molar-refractivity contribution in [3.63, 3.8) is 0 Å². The summed E-state index contributed by atoms with van der Waals surface area (Å²) in [5.41, 5.74) is 3.64. The summed E-state index contributed by atoms with van der Waals surface area (Å²) >= 11 is 0. The van der Waals surface area contributed by atoms with Gasteiger partial charge in [0.05, 0.1) is 17.3 Å². The third-order valence-corrected chi connectivity index (χ3v) is 5.21. The molecular weight excluding hydrogens is 338 g/mol. The van der Waals surface area contributed by atoms with Gasteiger partial charge >= 0.3 is 0 Å². The molecule has 1 N–H and O–H groups in total. The minimum atomic E-state index is -0.186. The summed E-state index contributed by atoms with van der Waals surface area (Å²) in [7, 11) is 0. The molecule has 0 spiro atoms. The molecule has 4 rings (SSSR count). The van der Waals surface area contributed by atoms with Crippen molar-refractivity contribution in [1.29, 1.82) is 0 Å². The van der Waals surface area contributed by atoms with E-state index in [2.05, 4.69) is 5.32 Å². The maximum absolute atomic E-state index is 13.1. The van der Waals surface area contributed by atoms with Crippen molar-refractivity contribution >= 4 is 28.9 Å². The lowest BCUT2D eigenvalue weighted by molar-refractivity contribution is -0.124. The Morgan fingerprint density at radius 3 is 2.74 bits per heavy atom. The average Bonchev–Trinajstić information content (AvgIpc) is 3.11. The van der Waals surface area contributed by atoms with Crippen molar-refractivity contribution in [3.8, 4) is 0 Å². The number of carbonyl (C=O) groups is 2. The van der Waals surface area contributed by atoms with Crippen molar-refractivity contribution < 1.29 is 9.59 Å². The average molecular weight is 361 g/mol. The molecule has 0 aromatic heterocycles. The summed E-state index contributed by atoms with van der Waals surface area (Å²) in [5.74, 6) is -0.334. The van der Waals surface area contributed by atoms with Gasteiger partial charge in [0.2, 0.25) is 11.8 Å². The quantitative estimate of drug-likeness (QED) is 0.888. The van der Waals surface area contributed by atoms with Gasteiger partial charge in [-0.25, -0.2) is 0 Å². The van der Waals surface area contributed by atoms with Crippen LogP contribution in [-0.2, 0) is 16.0 Å². The predicted molar refractivity (Wildman–Crippen MR) is 106 cm³/mol. The summed E-state index contributed by atoms with van der Waals surface area (Å²) in [6.07, 6.45) is 3.43. The van der Waals surface area contributed by atoms with Crippen molar-refractivity contribution in [1.82, 2.24) is 5.32 Å². The highest BCUT2D eigenvalue weighted by Crippen LogP contribution is 2.37. The Bertz CT molecular complexity index is 876. The van der Waals surface area contributed by atoms with Crippen LogP contribution in [0, 0.1) is 5.92 Å². The minimum absolute atomic E-state index is 0.00518. The molecule has 1 unspecified atom stereocenters. The Labute approximate surface area is 159 Å². The molecule has 0 bridgehead atoms. The largest absolute Gasteiger partial charge is 0.354 e. The van der Waals surface area contributed by atoms with Gasteiger partial charge in [-0.3, -0.25) is 14.6 Å². The fourth-order valence-electron chi connectivity index (χ4n) is 3.83. The molecule has 27 heavy (non-hydrogen) atoms. The zero-order valence-corrected chi connectivity index (χ0v) is 15.2. The highest BCUT2D eigenvalue weighted by Gasteiger charge is 2.36. The number of aliphatic imine (C=N–C) groups is 1. The van der Waals surface area contributed by atoms with Crippen molar-refractivity contribution in [2.75, 3.05) is 18.0 Å². The summed E-state index contributed by atoms with van der Waals surface area (Å²) in [4.78, 5) is 31.9. The van der Waals surface area contributed by atoms with Crippen LogP contribution >= 0.6 is 0 Å². The van der Waals surface area contributed by atoms with Gasteiger partial charge in [-0.05, 0) is 43.4 Å².